The quantitative estimate of drug-likeness (QED) is 0.796. The Morgan fingerprint density at radius 1 is 0.895 bits per heavy atom. The van der Waals surface area contributed by atoms with Gasteiger partial charge in [-0.2, -0.15) is 0 Å². The second kappa shape index (κ2) is 4.73. The second-order valence-corrected chi connectivity index (χ2v) is 8.31. The molecule has 0 aromatic heterocycles. The molecule has 1 heterocycles. The van der Waals surface area contributed by atoms with Crippen LogP contribution in [-0.2, 0) is 0 Å². The predicted octanol–water partition coefficient (Wildman–Crippen LogP) is 1.63. The van der Waals surface area contributed by atoms with Gasteiger partial charge >= 0.3 is 0 Å². The fourth-order valence-electron chi connectivity index (χ4n) is 6.33. The number of piperidine rings is 1. The maximum absolute atomic E-state index is 10.9. The van der Waals surface area contributed by atoms with Crippen LogP contribution in [0.25, 0.3) is 0 Å². The maximum atomic E-state index is 10.9. The summed E-state index contributed by atoms with van der Waals surface area (Å²) < 4.78 is 0. The van der Waals surface area contributed by atoms with Crippen molar-refractivity contribution in [2.24, 2.45) is 23.2 Å². The van der Waals surface area contributed by atoms with Crippen LogP contribution in [0.3, 0.4) is 0 Å². The smallest absolute Gasteiger partial charge is 0.108 e. The van der Waals surface area contributed by atoms with Crippen molar-refractivity contribution in [3.05, 3.63) is 0 Å². The third-order valence-corrected chi connectivity index (χ3v) is 6.84. The molecule has 1 atom stereocenters. The molecule has 2 nitrogen and oxygen atoms in total. The van der Waals surface area contributed by atoms with Crippen molar-refractivity contribution in [2.45, 2.75) is 63.9 Å². The van der Waals surface area contributed by atoms with E-state index in [2.05, 4.69) is 0 Å². The summed E-state index contributed by atoms with van der Waals surface area (Å²) in [5.41, 5.74) is 0.346. The van der Waals surface area contributed by atoms with Crippen molar-refractivity contribution < 1.29 is 10.0 Å². The van der Waals surface area contributed by atoms with Crippen LogP contribution in [0.1, 0.15) is 57.8 Å². The summed E-state index contributed by atoms with van der Waals surface area (Å²) in [5.74, 6) is 2.91. The topological polar surface area (TPSA) is 24.7 Å². The van der Waals surface area contributed by atoms with E-state index in [9.17, 15) is 5.11 Å². The van der Waals surface area contributed by atoms with Gasteiger partial charge in [-0.3, -0.25) is 0 Å². The normalized spacial score (nSPS) is 47.5. The fraction of sp³-hybridized carbons (Fsp3) is 1.00. The zero-order valence-electron chi connectivity index (χ0n) is 12.2. The van der Waals surface area contributed by atoms with Gasteiger partial charge in [0.15, 0.2) is 0 Å². The molecule has 0 radical (unpaired) electrons. The van der Waals surface area contributed by atoms with Crippen molar-refractivity contribution in [3.63, 3.8) is 0 Å². The molecule has 108 valence electrons. The Morgan fingerprint density at radius 2 is 1.42 bits per heavy atom. The Labute approximate surface area is 117 Å². The maximum Gasteiger partial charge on any atom is 0.108 e. The van der Waals surface area contributed by atoms with Gasteiger partial charge in [0.1, 0.15) is 12.6 Å². The lowest BCUT2D eigenvalue weighted by Crippen LogP contribution is -3.14. The molecule has 0 spiro atoms. The van der Waals surface area contributed by atoms with Crippen molar-refractivity contribution in [3.8, 4) is 0 Å². The van der Waals surface area contributed by atoms with Gasteiger partial charge in [-0.15, -0.1) is 0 Å². The largest absolute Gasteiger partial charge is 0.387 e. The van der Waals surface area contributed by atoms with E-state index >= 15 is 0 Å². The lowest BCUT2D eigenvalue weighted by atomic mass is 9.48. The van der Waals surface area contributed by atoms with Crippen molar-refractivity contribution in [1.82, 2.24) is 0 Å². The average Bonchev–Trinajstić information content (AvgIpc) is 2.38. The van der Waals surface area contributed by atoms with Crippen molar-refractivity contribution >= 4 is 0 Å². The molecular weight excluding hydrogens is 234 g/mol. The van der Waals surface area contributed by atoms with Gasteiger partial charge in [0.05, 0.1) is 13.1 Å². The Morgan fingerprint density at radius 3 is 1.95 bits per heavy atom. The molecule has 2 heteroatoms. The summed E-state index contributed by atoms with van der Waals surface area (Å²) in [6.45, 7) is 3.67. The number of hydrogen-bond donors (Lipinski definition) is 2. The van der Waals surface area contributed by atoms with Crippen LogP contribution in [0.15, 0.2) is 0 Å². The minimum Gasteiger partial charge on any atom is -0.387 e. The van der Waals surface area contributed by atoms with E-state index in [1.807, 2.05) is 0 Å². The third-order valence-electron chi connectivity index (χ3n) is 6.84. The third kappa shape index (κ3) is 2.25. The number of aliphatic hydroxyl groups excluding tert-OH is 1. The lowest BCUT2D eigenvalue weighted by Gasteiger charge is -2.58. The molecule has 4 saturated carbocycles. The molecule has 2 N–H and O–H groups in total. The number of likely N-dealkylation sites (tertiary alicyclic amines) is 1. The van der Waals surface area contributed by atoms with Gasteiger partial charge in [0.25, 0.3) is 0 Å². The van der Waals surface area contributed by atoms with Crippen LogP contribution >= 0.6 is 0 Å². The highest BCUT2D eigenvalue weighted by Gasteiger charge is 2.54. The molecule has 0 aromatic rings. The summed E-state index contributed by atoms with van der Waals surface area (Å²) in [6, 6.07) is 0. The predicted molar refractivity (Wildman–Crippen MR) is 76.0 cm³/mol. The van der Waals surface area contributed by atoms with E-state index in [1.165, 1.54) is 70.9 Å². The summed E-state index contributed by atoms with van der Waals surface area (Å²) in [5, 5.41) is 10.9. The molecule has 0 aromatic carbocycles. The molecular formula is C17H30NO+. The molecule has 0 unspecified atom stereocenters. The monoisotopic (exact) mass is 264 g/mol. The van der Waals surface area contributed by atoms with E-state index < -0.39 is 0 Å². The SMILES string of the molecule is O[C@H](C[NH+]1CCCCC1)C12CC3CC(CC(C3)C1)C2. The first kappa shape index (κ1) is 12.6. The van der Waals surface area contributed by atoms with Crippen molar-refractivity contribution in [1.29, 1.82) is 0 Å². The van der Waals surface area contributed by atoms with Gasteiger partial charge in [-0.05, 0) is 75.5 Å². The molecule has 5 rings (SSSR count). The van der Waals surface area contributed by atoms with Crippen LogP contribution in [0.5, 0.6) is 0 Å². The number of hydrogen-bond acceptors (Lipinski definition) is 1. The van der Waals surface area contributed by atoms with E-state index in [4.69, 9.17) is 0 Å². The second-order valence-electron chi connectivity index (χ2n) is 8.31. The first-order chi connectivity index (χ1) is 9.23. The van der Waals surface area contributed by atoms with E-state index in [0.29, 0.717) is 5.41 Å². The average molecular weight is 264 g/mol. The summed E-state index contributed by atoms with van der Waals surface area (Å²) >= 11 is 0. The molecule has 4 aliphatic carbocycles. The highest BCUT2D eigenvalue weighted by molar-refractivity contribution is 5.04. The highest BCUT2D eigenvalue weighted by Crippen LogP contribution is 2.61. The van der Waals surface area contributed by atoms with Crippen LogP contribution in [0, 0.1) is 23.2 Å². The standard InChI is InChI=1S/C17H29NO/c19-16(12-18-4-2-1-3-5-18)17-9-13-6-14(10-17)8-15(7-13)11-17/h13-16,19H,1-12H2/p+1/t13?,14?,15?,16-,17?/m1/s1. The van der Waals surface area contributed by atoms with Gasteiger partial charge in [-0.1, -0.05) is 0 Å². The molecule has 0 amide bonds. The van der Waals surface area contributed by atoms with Gasteiger partial charge in [0, 0.05) is 5.41 Å². The Hall–Kier alpha value is -0.0800. The van der Waals surface area contributed by atoms with E-state index in [0.717, 1.165) is 24.3 Å². The van der Waals surface area contributed by atoms with Crippen molar-refractivity contribution in [2.75, 3.05) is 19.6 Å². The van der Waals surface area contributed by atoms with Crippen LogP contribution in [0.4, 0.5) is 0 Å². The van der Waals surface area contributed by atoms with Crippen LogP contribution < -0.4 is 4.90 Å². The van der Waals surface area contributed by atoms with E-state index in [-0.39, 0.29) is 6.10 Å². The van der Waals surface area contributed by atoms with Gasteiger partial charge in [-0.25, -0.2) is 0 Å². The highest BCUT2D eigenvalue weighted by atomic mass is 16.3. The summed E-state index contributed by atoms with van der Waals surface area (Å²) in [7, 11) is 0. The Balaban J connectivity index is 1.45. The Kier molecular flexibility index (Phi) is 3.15. The molecule has 4 bridgehead atoms. The minimum absolute atomic E-state index is 0.00556. The fourth-order valence-corrected chi connectivity index (χ4v) is 6.33. The molecule has 19 heavy (non-hydrogen) atoms. The first-order valence-corrected chi connectivity index (χ1v) is 8.75. The first-order valence-electron chi connectivity index (χ1n) is 8.75. The Bertz CT molecular complexity index is 299. The van der Waals surface area contributed by atoms with Crippen LogP contribution in [0.2, 0.25) is 0 Å². The molecule has 1 aliphatic heterocycles. The summed E-state index contributed by atoms with van der Waals surface area (Å²) in [4.78, 5) is 1.69. The van der Waals surface area contributed by atoms with Gasteiger partial charge < -0.3 is 10.0 Å². The van der Waals surface area contributed by atoms with Gasteiger partial charge in [0.2, 0.25) is 0 Å². The zero-order chi connectivity index (χ0) is 12.9. The number of rotatable bonds is 3. The lowest BCUT2D eigenvalue weighted by molar-refractivity contribution is -0.909. The minimum atomic E-state index is -0.00556. The molecule has 5 fully saturated rings. The number of quaternary nitrogens is 1. The molecule has 1 saturated heterocycles. The number of aliphatic hydroxyl groups is 1. The van der Waals surface area contributed by atoms with Crippen LogP contribution in [-0.4, -0.2) is 30.8 Å². The molecule has 5 aliphatic rings. The number of nitrogens with one attached hydrogen (secondary N) is 1. The van der Waals surface area contributed by atoms with E-state index in [1.54, 1.807) is 4.90 Å². The zero-order valence-corrected chi connectivity index (χ0v) is 12.2. The summed E-state index contributed by atoms with van der Waals surface area (Å²) in [6.07, 6.45) is 12.7.